The van der Waals surface area contributed by atoms with Gasteiger partial charge in [0, 0.05) is 5.56 Å². The SMILES string of the molecule is NC1CC(C(F)(F)F)Cn2nc(-c3cccc(F)c3)nc21. The molecule has 1 aromatic carbocycles. The van der Waals surface area contributed by atoms with Crippen molar-refractivity contribution in [1.82, 2.24) is 14.8 Å². The maximum absolute atomic E-state index is 13.2. The van der Waals surface area contributed by atoms with Crippen LogP contribution in [0.2, 0.25) is 0 Å². The van der Waals surface area contributed by atoms with Gasteiger partial charge in [0.15, 0.2) is 5.82 Å². The molecule has 1 aliphatic heterocycles. The Kier molecular flexibility index (Phi) is 3.20. The average molecular weight is 300 g/mol. The lowest BCUT2D eigenvalue weighted by Crippen LogP contribution is -2.37. The predicted molar refractivity (Wildman–Crippen MR) is 66.5 cm³/mol. The van der Waals surface area contributed by atoms with Crippen LogP contribution in [-0.4, -0.2) is 20.9 Å². The number of benzene rings is 1. The summed E-state index contributed by atoms with van der Waals surface area (Å²) in [6.07, 6.45) is -4.54. The lowest BCUT2D eigenvalue weighted by molar-refractivity contribution is -0.184. The number of hydrogen-bond donors (Lipinski definition) is 1. The molecule has 2 heterocycles. The third-order valence-electron chi connectivity index (χ3n) is 3.51. The molecule has 0 aliphatic carbocycles. The van der Waals surface area contributed by atoms with Crippen molar-refractivity contribution in [2.45, 2.75) is 25.2 Å². The number of hydrogen-bond acceptors (Lipinski definition) is 3. The Hall–Kier alpha value is -1.96. The van der Waals surface area contributed by atoms with E-state index in [9.17, 15) is 17.6 Å². The first-order chi connectivity index (χ1) is 9.84. The molecule has 2 aromatic rings. The average Bonchev–Trinajstić information content (AvgIpc) is 2.82. The van der Waals surface area contributed by atoms with Gasteiger partial charge in [-0.3, -0.25) is 0 Å². The molecule has 0 amide bonds. The number of halogens is 4. The maximum Gasteiger partial charge on any atom is 0.393 e. The Morgan fingerprint density at radius 2 is 2.05 bits per heavy atom. The van der Waals surface area contributed by atoms with Crippen LogP contribution in [0.25, 0.3) is 11.4 Å². The zero-order valence-electron chi connectivity index (χ0n) is 10.8. The second-order valence-corrected chi connectivity index (χ2v) is 5.07. The van der Waals surface area contributed by atoms with Gasteiger partial charge in [0.25, 0.3) is 0 Å². The molecule has 1 aromatic heterocycles. The van der Waals surface area contributed by atoms with Crippen LogP contribution in [0.4, 0.5) is 17.6 Å². The molecule has 0 spiro atoms. The molecule has 3 rings (SSSR count). The van der Waals surface area contributed by atoms with Gasteiger partial charge in [0.2, 0.25) is 0 Å². The van der Waals surface area contributed by atoms with Crippen LogP contribution in [0.3, 0.4) is 0 Å². The van der Waals surface area contributed by atoms with Crippen molar-refractivity contribution in [1.29, 1.82) is 0 Å². The summed E-state index contributed by atoms with van der Waals surface area (Å²) in [6.45, 7) is -0.311. The molecule has 0 radical (unpaired) electrons. The first-order valence-corrected chi connectivity index (χ1v) is 6.37. The van der Waals surface area contributed by atoms with Crippen molar-refractivity contribution >= 4 is 0 Å². The third-order valence-corrected chi connectivity index (χ3v) is 3.51. The number of alkyl halides is 3. The van der Waals surface area contributed by atoms with Crippen molar-refractivity contribution in [3.8, 4) is 11.4 Å². The van der Waals surface area contributed by atoms with Gasteiger partial charge in [0.1, 0.15) is 11.6 Å². The minimum atomic E-state index is -4.32. The van der Waals surface area contributed by atoms with Crippen LogP contribution in [-0.2, 0) is 6.54 Å². The number of nitrogens with zero attached hydrogens (tertiary/aromatic N) is 3. The molecule has 0 saturated heterocycles. The second-order valence-electron chi connectivity index (χ2n) is 5.07. The van der Waals surface area contributed by atoms with Crippen LogP contribution >= 0.6 is 0 Å². The van der Waals surface area contributed by atoms with Crippen LogP contribution in [0.5, 0.6) is 0 Å². The van der Waals surface area contributed by atoms with E-state index in [-0.39, 0.29) is 18.8 Å². The molecule has 0 bridgehead atoms. The lowest BCUT2D eigenvalue weighted by Gasteiger charge is -2.28. The summed E-state index contributed by atoms with van der Waals surface area (Å²) < 4.78 is 52.8. The van der Waals surface area contributed by atoms with Crippen molar-refractivity contribution in [2.75, 3.05) is 0 Å². The van der Waals surface area contributed by atoms with E-state index in [4.69, 9.17) is 5.73 Å². The molecule has 8 heteroatoms. The molecular formula is C13H12F4N4. The third kappa shape index (κ3) is 2.63. The largest absolute Gasteiger partial charge is 0.393 e. The predicted octanol–water partition coefficient (Wildman–Crippen LogP) is 2.67. The summed E-state index contributed by atoms with van der Waals surface area (Å²) in [5, 5.41) is 4.04. The van der Waals surface area contributed by atoms with E-state index >= 15 is 0 Å². The van der Waals surface area contributed by atoms with E-state index in [2.05, 4.69) is 10.1 Å². The highest BCUT2D eigenvalue weighted by atomic mass is 19.4. The van der Waals surface area contributed by atoms with E-state index in [1.54, 1.807) is 6.07 Å². The first kappa shape index (κ1) is 14.0. The normalized spacial score (nSPS) is 22.1. The highest BCUT2D eigenvalue weighted by Gasteiger charge is 2.44. The lowest BCUT2D eigenvalue weighted by atomic mass is 9.96. The first-order valence-electron chi connectivity index (χ1n) is 6.37. The van der Waals surface area contributed by atoms with Crippen molar-refractivity contribution < 1.29 is 17.6 Å². The van der Waals surface area contributed by atoms with Gasteiger partial charge in [0.05, 0.1) is 18.5 Å². The minimum absolute atomic E-state index is 0.183. The van der Waals surface area contributed by atoms with Gasteiger partial charge in [-0.25, -0.2) is 14.1 Å². The van der Waals surface area contributed by atoms with Gasteiger partial charge in [-0.05, 0) is 18.6 Å². The fourth-order valence-corrected chi connectivity index (χ4v) is 2.45. The Morgan fingerprint density at radius 3 is 2.71 bits per heavy atom. The molecular weight excluding hydrogens is 288 g/mol. The number of rotatable bonds is 1. The zero-order chi connectivity index (χ0) is 15.2. The van der Waals surface area contributed by atoms with Gasteiger partial charge in [-0.1, -0.05) is 12.1 Å². The van der Waals surface area contributed by atoms with E-state index in [0.717, 1.165) is 0 Å². The molecule has 2 unspecified atom stereocenters. The molecule has 0 fully saturated rings. The van der Waals surface area contributed by atoms with Crippen LogP contribution in [0.15, 0.2) is 24.3 Å². The Bertz CT molecular complexity index is 664. The van der Waals surface area contributed by atoms with Crippen molar-refractivity contribution in [3.05, 3.63) is 35.9 Å². The van der Waals surface area contributed by atoms with E-state index in [1.165, 1.54) is 22.9 Å². The monoisotopic (exact) mass is 300 g/mol. The number of nitrogens with two attached hydrogens (primary N) is 1. The van der Waals surface area contributed by atoms with Crippen LogP contribution < -0.4 is 5.73 Å². The van der Waals surface area contributed by atoms with Gasteiger partial charge >= 0.3 is 6.18 Å². The molecule has 2 atom stereocenters. The molecule has 0 saturated carbocycles. The fourth-order valence-electron chi connectivity index (χ4n) is 2.45. The molecule has 2 N–H and O–H groups in total. The molecule has 112 valence electrons. The highest BCUT2D eigenvalue weighted by Crippen LogP contribution is 2.37. The highest BCUT2D eigenvalue weighted by molar-refractivity contribution is 5.54. The van der Waals surface area contributed by atoms with Crippen LogP contribution in [0, 0.1) is 11.7 Å². The topological polar surface area (TPSA) is 56.7 Å². The Balaban J connectivity index is 1.97. The quantitative estimate of drug-likeness (QED) is 0.824. The van der Waals surface area contributed by atoms with E-state index < -0.39 is 24.0 Å². The summed E-state index contributed by atoms with van der Waals surface area (Å²) in [4.78, 5) is 4.15. The zero-order valence-corrected chi connectivity index (χ0v) is 10.8. The molecule has 1 aliphatic rings. The van der Waals surface area contributed by atoms with E-state index in [0.29, 0.717) is 11.4 Å². The Labute approximate surface area is 117 Å². The summed E-state index contributed by atoms with van der Waals surface area (Å²) in [5.41, 5.74) is 6.17. The smallest absolute Gasteiger partial charge is 0.321 e. The van der Waals surface area contributed by atoms with Gasteiger partial charge < -0.3 is 5.73 Å². The maximum atomic E-state index is 13.2. The van der Waals surface area contributed by atoms with Crippen molar-refractivity contribution in [3.63, 3.8) is 0 Å². The summed E-state index contributed by atoms with van der Waals surface area (Å²) in [7, 11) is 0. The van der Waals surface area contributed by atoms with Gasteiger partial charge in [-0.2, -0.15) is 18.3 Å². The summed E-state index contributed by atoms with van der Waals surface area (Å²) in [5.74, 6) is -1.52. The minimum Gasteiger partial charge on any atom is -0.321 e. The standard InChI is InChI=1S/C13H12F4N4/c14-9-3-1-2-7(4-9)11-19-12-10(18)5-8(13(15,16)17)6-21(12)20-11/h1-4,8,10H,5-6,18H2. The van der Waals surface area contributed by atoms with Crippen LogP contribution in [0.1, 0.15) is 18.3 Å². The number of fused-ring (bicyclic) bond motifs is 1. The van der Waals surface area contributed by atoms with E-state index in [1.807, 2.05) is 0 Å². The summed E-state index contributed by atoms with van der Waals surface area (Å²) >= 11 is 0. The molecule has 21 heavy (non-hydrogen) atoms. The fraction of sp³-hybridized carbons (Fsp3) is 0.385. The molecule has 4 nitrogen and oxygen atoms in total. The number of aromatic nitrogens is 3. The summed E-state index contributed by atoms with van der Waals surface area (Å²) in [6, 6.07) is 4.75. The Morgan fingerprint density at radius 1 is 1.29 bits per heavy atom. The van der Waals surface area contributed by atoms with Crippen molar-refractivity contribution in [2.24, 2.45) is 11.7 Å². The second kappa shape index (κ2) is 4.80. The van der Waals surface area contributed by atoms with Gasteiger partial charge in [-0.15, -0.1) is 0 Å².